The van der Waals surface area contributed by atoms with Gasteiger partial charge >= 0.3 is 0 Å². The smallest absolute Gasteiger partial charge is 0.232 e. The van der Waals surface area contributed by atoms with E-state index in [1.54, 1.807) is 37.8 Å². The van der Waals surface area contributed by atoms with Crippen LogP contribution in [0, 0.1) is 0 Å². The van der Waals surface area contributed by atoms with E-state index in [2.05, 4.69) is 30.4 Å². The summed E-state index contributed by atoms with van der Waals surface area (Å²) < 4.78 is 10.4. The maximum Gasteiger partial charge on any atom is 0.232 e. The first-order valence-electron chi connectivity index (χ1n) is 8.20. The molecule has 10 heteroatoms. The number of H-pyrrole nitrogens is 1. The summed E-state index contributed by atoms with van der Waals surface area (Å²) in [5, 5.41) is 11.2. The third-order valence-electron chi connectivity index (χ3n) is 4.12. The summed E-state index contributed by atoms with van der Waals surface area (Å²) in [6, 6.07) is 1.70. The van der Waals surface area contributed by atoms with Crippen molar-refractivity contribution >= 4 is 28.2 Å². The zero-order chi connectivity index (χ0) is 17.9. The number of fused-ring (bicyclic) bond motifs is 3. The number of nitrogens with zero attached hydrogens (tertiary/aromatic N) is 5. The number of thiazole rings is 1. The van der Waals surface area contributed by atoms with Crippen LogP contribution in [0.5, 0.6) is 5.88 Å². The van der Waals surface area contributed by atoms with Crippen molar-refractivity contribution in [2.75, 3.05) is 44.1 Å². The van der Waals surface area contributed by atoms with Crippen molar-refractivity contribution in [3.05, 3.63) is 23.3 Å². The van der Waals surface area contributed by atoms with E-state index in [9.17, 15) is 0 Å². The van der Waals surface area contributed by atoms with Gasteiger partial charge in [0.05, 0.1) is 31.2 Å². The van der Waals surface area contributed by atoms with Crippen LogP contribution >= 0.6 is 11.3 Å². The highest BCUT2D eigenvalue weighted by atomic mass is 32.1. The van der Waals surface area contributed by atoms with Gasteiger partial charge in [-0.25, -0.2) is 9.97 Å². The van der Waals surface area contributed by atoms with Gasteiger partial charge in [-0.15, -0.1) is 11.3 Å². The zero-order valence-electron chi connectivity index (χ0n) is 14.5. The van der Waals surface area contributed by atoms with Crippen LogP contribution in [0.25, 0.3) is 11.3 Å². The lowest BCUT2D eigenvalue weighted by Gasteiger charge is -2.21. The number of aromatic nitrogens is 5. The molecule has 0 unspecified atom stereocenters. The number of rotatable bonds is 6. The minimum absolute atomic E-state index is 0.461. The van der Waals surface area contributed by atoms with E-state index in [0.29, 0.717) is 18.4 Å². The Balaban J connectivity index is 1.61. The molecular weight excluding hydrogens is 354 g/mol. The fourth-order valence-corrected chi connectivity index (χ4v) is 3.82. The van der Waals surface area contributed by atoms with Crippen molar-refractivity contribution in [2.45, 2.75) is 6.42 Å². The molecule has 0 saturated carbocycles. The van der Waals surface area contributed by atoms with Crippen LogP contribution in [0.4, 0.5) is 16.9 Å². The molecule has 0 radical (unpaired) electrons. The molecular formula is C16H19N7O2S. The molecule has 4 heterocycles. The SMILES string of the molecule is COCCN1CCc2sc(Nc3nccc(OC)n3)nc2-c2cn[nH]c21. The van der Waals surface area contributed by atoms with Crippen LogP contribution in [0.1, 0.15) is 4.88 Å². The maximum atomic E-state index is 5.22. The van der Waals surface area contributed by atoms with Gasteiger partial charge in [-0.2, -0.15) is 10.1 Å². The number of anilines is 3. The van der Waals surface area contributed by atoms with Crippen LogP contribution in [0.2, 0.25) is 0 Å². The second-order valence-corrected chi connectivity index (χ2v) is 6.78. The Morgan fingerprint density at radius 3 is 3.12 bits per heavy atom. The number of ether oxygens (including phenoxy) is 2. The largest absolute Gasteiger partial charge is 0.481 e. The van der Waals surface area contributed by atoms with E-state index in [-0.39, 0.29) is 0 Å². The Morgan fingerprint density at radius 1 is 1.35 bits per heavy atom. The van der Waals surface area contributed by atoms with E-state index in [0.717, 1.165) is 41.7 Å². The molecule has 1 aliphatic heterocycles. The van der Waals surface area contributed by atoms with Crippen molar-refractivity contribution in [1.82, 2.24) is 25.1 Å². The number of hydrogen-bond acceptors (Lipinski definition) is 9. The van der Waals surface area contributed by atoms with Crippen molar-refractivity contribution in [3.63, 3.8) is 0 Å². The van der Waals surface area contributed by atoms with Gasteiger partial charge in [0.1, 0.15) is 5.82 Å². The first-order valence-corrected chi connectivity index (χ1v) is 9.01. The van der Waals surface area contributed by atoms with E-state index >= 15 is 0 Å². The summed E-state index contributed by atoms with van der Waals surface area (Å²) in [5.41, 5.74) is 1.95. The first kappa shape index (κ1) is 16.7. The monoisotopic (exact) mass is 373 g/mol. The summed E-state index contributed by atoms with van der Waals surface area (Å²) in [7, 11) is 3.29. The number of methoxy groups -OCH3 is 2. The van der Waals surface area contributed by atoms with Gasteiger partial charge in [0.15, 0.2) is 5.13 Å². The van der Waals surface area contributed by atoms with Gasteiger partial charge in [-0.3, -0.25) is 10.4 Å². The van der Waals surface area contributed by atoms with Crippen LogP contribution in [0.15, 0.2) is 18.5 Å². The Hall–Kier alpha value is -2.72. The molecule has 3 aromatic rings. The lowest BCUT2D eigenvalue weighted by Crippen LogP contribution is -2.29. The molecule has 0 aromatic carbocycles. The second-order valence-electron chi connectivity index (χ2n) is 5.70. The highest BCUT2D eigenvalue weighted by Gasteiger charge is 2.25. The van der Waals surface area contributed by atoms with Gasteiger partial charge < -0.3 is 14.4 Å². The molecule has 1 aliphatic rings. The lowest BCUT2D eigenvalue weighted by molar-refractivity contribution is 0.205. The van der Waals surface area contributed by atoms with E-state index < -0.39 is 0 Å². The van der Waals surface area contributed by atoms with Gasteiger partial charge in [0.2, 0.25) is 11.8 Å². The molecule has 136 valence electrons. The number of aromatic amines is 1. The third kappa shape index (κ3) is 3.20. The normalized spacial score (nSPS) is 13.1. The average molecular weight is 373 g/mol. The predicted octanol–water partition coefficient (Wildman–Crippen LogP) is 2.08. The maximum absolute atomic E-state index is 5.22. The highest BCUT2D eigenvalue weighted by Crippen LogP contribution is 2.39. The van der Waals surface area contributed by atoms with Gasteiger partial charge in [0.25, 0.3) is 0 Å². The Kier molecular flexibility index (Phi) is 4.67. The van der Waals surface area contributed by atoms with E-state index in [1.807, 2.05) is 6.20 Å². The van der Waals surface area contributed by atoms with Gasteiger partial charge in [-0.1, -0.05) is 0 Å². The van der Waals surface area contributed by atoms with Gasteiger partial charge in [0, 0.05) is 43.8 Å². The fourth-order valence-electron chi connectivity index (χ4n) is 2.86. The Labute approximate surface area is 154 Å². The fraction of sp³-hybridized carbons (Fsp3) is 0.375. The molecule has 2 N–H and O–H groups in total. The lowest BCUT2D eigenvalue weighted by atomic mass is 10.2. The topological polar surface area (TPSA) is 101 Å². The quantitative estimate of drug-likeness (QED) is 0.677. The van der Waals surface area contributed by atoms with Crippen LogP contribution in [-0.4, -0.2) is 59.1 Å². The van der Waals surface area contributed by atoms with Crippen molar-refractivity contribution in [1.29, 1.82) is 0 Å². The molecule has 0 amide bonds. The predicted molar refractivity (Wildman–Crippen MR) is 99.4 cm³/mol. The molecule has 0 aliphatic carbocycles. The minimum Gasteiger partial charge on any atom is -0.481 e. The summed E-state index contributed by atoms with van der Waals surface area (Å²) in [6.07, 6.45) is 4.37. The Morgan fingerprint density at radius 2 is 2.27 bits per heavy atom. The van der Waals surface area contributed by atoms with Crippen LogP contribution in [-0.2, 0) is 11.2 Å². The van der Waals surface area contributed by atoms with Crippen molar-refractivity contribution in [2.24, 2.45) is 0 Å². The van der Waals surface area contributed by atoms with Crippen LogP contribution < -0.4 is 15.0 Å². The summed E-state index contributed by atoms with van der Waals surface area (Å²) in [5.74, 6) is 1.95. The van der Waals surface area contributed by atoms with E-state index in [4.69, 9.17) is 14.5 Å². The molecule has 0 fully saturated rings. The van der Waals surface area contributed by atoms with Crippen molar-refractivity contribution < 1.29 is 9.47 Å². The standard InChI is InChI=1S/C16H19N7O2S/c1-24-8-7-23-6-4-11-13(10-9-18-22-14(10)23)20-16(26-11)21-15-17-5-3-12(19-15)25-2/h3,5,9H,4,6-8H2,1-2H3,(H,18,22)(H,17,19,20,21). The molecule has 0 atom stereocenters. The molecule has 9 nitrogen and oxygen atoms in total. The Bertz CT molecular complexity index is 894. The molecule has 26 heavy (non-hydrogen) atoms. The second kappa shape index (κ2) is 7.26. The molecule has 0 bridgehead atoms. The molecule has 3 aromatic heterocycles. The van der Waals surface area contributed by atoms with Crippen molar-refractivity contribution in [3.8, 4) is 17.1 Å². The highest BCUT2D eigenvalue weighted by molar-refractivity contribution is 7.16. The average Bonchev–Trinajstić information content (AvgIpc) is 3.26. The van der Waals surface area contributed by atoms with E-state index in [1.165, 1.54) is 4.88 Å². The summed E-state index contributed by atoms with van der Waals surface area (Å²) in [6.45, 7) is 2.35. The third-order valence-corrected chi connectivity index (χ3v) is 5.15. The molecule has 0 spiro atoms. The minimum atomic E-state index is 0.461. The summed E-state index contributed by atoms with van der Waals surface area (Å²) in [4.78, 5) is 16.7. The van der Waals surface area contributed by atoms with Crippen LogP contribution in [0.3, 0.4) is 0 Å². The number of nitrogens with one attached hydrogen (secondary N) is 2. The first-order chi connectivity index (χ1) is 12.8. The summed E-state index contributed by atoms with van der Waals surface area (Å²) >= 11 is 1.61. The molecule has 0 saturated heterocycles. The van der Waals surface area contributed by atoms with Gasteiger partial charge in [-0.05, 0) is 0 Å². The zero-order valence-corrected chi connectivity index (χ0v) is 15.3. The number of hydrogen-bond donors (Lipinski definition) is 2. The molecule has 4 rings (SSSR count).